The Kier molecular flexibility index (Phi) is 4.77. The van der Waals surface area contributed by atoms with Crippen LogP contribution in [0.5, 0.6) is 0 Å². The summed E-state index contributed by atoms with van der Waals surface area (Å²) >= 11 is 1.51. The summed E-state index contributed by atoms with van der Waals surface area (Å²) in [7, 11) is 0. The highest BCUT2D eigenvalue weighted by molar-refractivity contribution is 7.99. The molecular weight excluding hydrogens is 368 g/mol. The van der Waals surface area contributed by atoms with Crippen molar-refractivity contribution in [3.63, 3.8) is 0 Å². The molecule has 4 rings (SSSR count). The van der Waals surface area contributed by atoms with Crippen molar-refractivity contribution in [2.45, 2.75) is 24.5 Å². The van der Waals surface area contributed by atoms with Crippen molar-refractivity contribution in [3.05, 3.63) is 46.3 Å². The number of aryl methyl sites for hydroxylation is 1. The Morgan fingerprint density at radius 1 is 1.26 bits per heavy atom. The van der Waals surface area contributed by atoms with Crippen LogP contribution in [0.15, 0.2) is 39.0 Å². The van der Waals surface area contributed by atoms with Crippen LogP contribution in [0.25, 0.3) is 0 Å². The molecule has 2 aliphatic heterocycles. The lowest BCUT2D eigenvalue weighted by atomic mass is 10.2. The molecule has 8 nitrogen and oxygen atoms in total. The van der Waals surface area contributed by atoms with Crippen molar-refractivity contribution in [1.82, 2.24) is 19.4 Å². The van der Waals surface area contributed by atoms with Crippen molar-refractivity contribution < 1.29 is 14.0 Å². The highest BCUT2D eigenvalue weighted by Crippen LogP contribution is 2.32. The number of thioether (sulfide) groups is 1. The van der Waals surface area contributed by atoms with Gasteiger partial charge in [0.1, 0.15) is 0 Å². The first-order valence-corrected chi connectivity index (χ1v) is 9.84. The van der Waals surface area contributed by atoms with Crippen molar-refractivity contribution >= 4 is 23.6 Å². The predicted octanol–water partition coefficient (Wildman–Crippen LogP) is 1.17. The summed E-state index contributed by atoms with van der Waals surface area (Å²) in [5.41, 5.74) is 0.514. The standard InChI is InChI=1S/C18H20N4O4S/c1-12-10-19-18-22(16(12)24)13(11-27-18)9-15(23)20-4-6-21(7-5-20)17(25)14-3-2-8-26-14/h2-3,8,10,13H,4-7,9,11H2,1H3/t13-/m1/s1. The molecule has 0 unspecified atom stereocenters. The van der Waals surface area contributed by atoms with Crippen molar-refractivity contribution in [2.24, 2.45) is 0 Å². The van der Waals surface area contributed by atoms with Crippen LogP contribution >= 0.6 is 11.8 Å². The maximum Gasteiger partial charge on any atom is 0.289 e. The summed E-state index contributed by atoms with van der Waals surface area (Å²) in [6.45, 7) is 3.65. The normalized spacial score (nSPS) is 19.2. The summed E-state index contributed by atoms with van der Waals surface area (Å²) < 4.78 is 6.80. The van der Waals surface area contributed by atoms with Crippen LogP contribution in [0.1, 0.15) is 28.6 Å². The molecule has 0 saturated carbocycles. The number of hydrogen-bond acceptors (Lipinski definition) is 6. The fourth-order valence-electron chi connectivity index (χ4n) is 3.42. The van der Waals surface area contributed by atoms with Gasteiger partial charge in [0.15, 0.2) is 10.9 Å². The topological polar surface area (TPSA) is 88.7 Å². The lowest BCUT2D eigenvalue weighted by molar-refractivity contribution is -0.133. The molecule has 0 radical (unpaired) electrons. The molecule has 27 heavy (non-hydrogen) atoms. The van der Waals surface area contributed by atoms with Gasteiger partial charge in [0, 0.05) is 50.1 Å². The minimum Gasteiger partial charge on any atom is -0.459 e. The average molecular weight is 388 g/mol. The number of carbonyl (C=O) groups excluding carboxylic acids is 2. The van der Waals surface area contributed by atoms with Gasteiger partial charge in [0.2, 0.25) is 5.91 Å². The van der Waals surface area contributed by atoms with Crippen LogP contribution in [0.3, 0.4) is 0 Å². The minimum atomic E-state index is -0.166. The fraction of sp³-hybridized carbons (Fsp3) is 0.444. The second-order valence-corrected chi connectivity index (χ2v) is 7.71. The second-order valence-electron chi connectivity index (χ2n) is 6.72. The van der Waals surface area contributed by atoms with E-state index in [1.165, 1.54) is 18.0 Å². The molecule has 1 fully saturated rings. The van der Waals surface area contributed by atoms with Crippen LogP contribution in [0.2, 0.25) is 0 Å². The second kappa shape index (κ2) is 7.22. The first kappa shape index (κ1) is 17.8. The van der Waals surface area contributed by atoms with Crippen LogP contribution in [-0.2, 0) is 4.79 Å². The quantitative estimate of drug-likeness (QED) is 0.734. The number of aromatic nitrogens is 2. The number of fused-ring (bicyclic) bond motifs is 1. The molecule has 2 amide bonds. The molecule has 0 aromatic carbocycles. The van der Waals surface area contributed by atoms with Gasteiger partial charge in [-0.25, -0.2) is 4.98 Å². The van der Waals surface area contributed by atoms with Gasteiger partial charge in [-0.15, -0.1) is 0 Å². The number of hydrogen-bond donors (Lipinski definition) is 0. The van der Waals surface area contributed by atoms with E-state index in [2.05, 4.69) is 4.98 Å². The zero-order valence-electron chi connectivity index (χ0n) is 15.0. The van der Waals surface area contributed by atoms with Crippen molar-refractivity contribution in [3.8, 4) is 0 Å². The maximum absolute atomic E-state index is 12.7. The molecule has 0 spiro atoms. The number of furan rings is 1. The molecule has 2 aromatic rings. The third-order valence-corrected chi connectivity index (χ3v) is 6.07. The summed E-state index contributed by atoms with van der Waals surface area (Å²) in [6, 6.07) is 3.16. The number of nitrogens with zero attached hydrogens (tertiary/aromatic N) is 4. The predicted molar refractivity (Wildman–Crippen MR) is 98.8 cm³/mol. The molecule has 1 saturated heterocycles. The molecule has 0 N–H and O–H groups in total. The monoisotopic (exact) mass is 388 g/mol. The van der Waals surface area contributed by atoms with E-state index < -0.39 is 0 Å². The average Bonchev–Trinajstić information content (AvgIpc) is 3.35. The van der Waals surface area contributed by atoms with Crippen LogP contribution < -0.4 is 5.56 Å². The molecule has 2 aromatic heterocycles. The van der Waals surface area contributed by atoms with E-state index in [0.717, 1.165) is 0 Å². The smallest absolute Gasteiger partial charge is 0.289 e. The van der Waals surface area contributed by atoms with Gasteiger partial charge in [-0.1, -0.05) is 11.8 Å². The number of piperazine rings is 1. The zero-order chi connectivity index (χ0) is 19.0. The molecule has 2 aliphatic rings. The van der Waals surface area contributed by atoms with Crippen LogP contribution in [0, 0.1) is 6.92 Å². The van der Waals surface area contributed by atoms with E-state index in [1.54, 1.807) is 39.6 Å². The largest absolute Gasteiger partial charge is 0.459 e. The summed E-state index contributed by atoms with van der Waals surface area (Å²) in [4.78, 5) is 45.2. The van der Waals surface area contributed by atoms with Crippen molar-refractivity contribution in [1.29, 1.82) is 0 Å². The highest BCUT2D eigenvalue weighted by atomic mass is 32.2. The third kappa shape index (κ3) is 3.39. The summed E-state index contributed by atoms with van der Waals surface area (Å²) in [5, 5.41) is 0.678. The van der Waals surface area contributed by atoms with E-state index >= 15 is 0 Å². The molecule has 142 valence electrons. The van der Waals surface area contributed by atoms with E-state index in [9.17, 15) is 14.4 Å². The Bertz CT molecular complexity index is 916. The zero-order valence-corrected chi connectivity index (χ0v) is 15.8. The lowest BCUT2D eigenvalue weighted by Gasteiger charge is -2.34. The summed E-state index contributed by atoms with van der Waals surface area (Å²) in [5.74, 6) is 0.846. The molecule has 9 heteroatoms. The Labute approximate surface area is 160 Å². The van der Waals surface area contributed by atoms with E-state index in [0.29, 0.717) is 48.4 Å². The first-order valence-electron chi connectivity index (χ1n) is 8.86. The van der Waals surface area contributed by atoms with Gasteiger partial charge < -0.3 is 14.2 Å². The number of amides is 2. The Morgan fingerprint density at radius 2 is 2.00 bits per heavy atom. The van der Waals surface area contributed by atoms with Gasteiger partial charge in [0.25, 0.3) is 11.5 Å². The van der Waals surface area contributed by atoms with Gasteiger partial charge in [0.05, 0.1) is 12.3 Å². The number of rotatable bonds is 3. The minimum absolute atomic E-state index is 0.00644. The molecule has 4 heterocycles. The Balaban J connectivity index is 1.37. The fourth-order valence-corrected chi connectivity index (χ4v) is 4.52. The Morgan fingerprint density at radius 3 is 2.70 bits per heavy atom. The van der Waals surface area contributed by atoms with Crippen molar-refractivity contribution in [2.75, 3.05) is 31.9 Å². The highest BCUT2D eigenvalue weighted by Gasteiger charge is 2.31. The SMILES string of the molecule is Cc1cnc2n(c1=O)[C@H](CC(=O)N1CCN(C(=O)c3ccco3)CC1)CS2. The number of carbonyl (C=O) groups is 2. The summed E-state index contributed by atoms with van der Waals surface area (Å²) in [6.07, 6.45) is 3.33. The lowest BCUT2D eigenvalue weighted by Crippen LogP contribution is -2.51. The molecule has 0 aliphatic carbocycles. The molecule has 1 atom stereocenters. The van der Waals surface area contributed by atoms with Crippen LogP contribution in [-0.4, -0.2) is 63.1 Å². The Hall–Kier alpha value is -2.55. The van der Waals surface area contributed by atoms with Gasteiger partial charge in [-0.05, 0) is 19.1 Å². The maximum atomic E-state index is 12.7. The van der Waals surface area contributed by atoms with E-state index in [1.807, 2.05) is 0 Å². The van der Waals surface area contributed by atoms with Crippen LogP contribution in [0.4, 0.5) is 0 Å². The van der Waals surface area contributed by atoms with Gasteiger partial charge in [-0.2, -0.15) is 0 Å². The van der Waals surface area contributed by atoms with Gasteiger partial charge >= 0.3 is 0 Å². The third-order valence-electron chi connectivity index (χ3n) is 4.96. The van der Waals surface area contributed by atoms with Gasteiger partial charge in [-0.3, -0.25) is 19.0 Å². The molecular formula is C18H20N4O4S. The first-order chi connectivity index (χ1) is 13.0. The van der Waals surface area contributed by atoms with E-state index in [-0.39, 0.29) is 29.8 Å². The van der Waals surface area contributed by atoms with E-state index in [4.69, 9.17) is 4.42 Å². The molecule has 0 bridgehead atoms.